The zero-order valence-corrected chi connectivity index (χ0v) is 10.9. The molecule has 0 bridgehead atoms. The molecule has 17 heavy (non-hydrogen) atoms. The first-order valence-electron chi connectivity index (χ1n) is 6.27. The smallest absolute Gasteiger partial charge is 0.0750 e. The number of likely N-dealkylation sites (N-methyl/N-ethyl adjacent to an activating group) is 1. The Labute approximate surface area is 104 Å². The highest BCUT2D eigenvalue weighted by Gasteiger charge is 2.28. The highest BCUT2D eigenvalue weighted by atomic mass is 16.5. The van der Waals surface area contributed by atoms with Gasteiger partial charge in [-0.1, -0.05) is 12.1 Å². The van der Waals surface area contributed by atoms with E-state index in [4.69, 9.17) is 10.5 Å². The van der Waals surface area contributed by atoms with E-state index in [2.05, 4.69) is 44.0 Å². The molecule has 0 radical (unpaired) electrons. The largest absolute Gasteiger partial charge is 0.376 e. The van der Waals surface area contributed by atoms with Crippen molar-refractivity contribution in [2.45, 2.75) is 39.0 Å². The van der Waals surface area contributed by atoms with Gasteiger partial charge in [0, 0.05) is 25.9 Å². The molecular formula is C14H22N2O. The molecule has 2 unspecified atom stereocenters. The van der Waals surface area contributed by atoms with E-state index in [9.17, 15) is 0 Å². The van der Waals surface area contributed by atoms with Crippen LogP contribution in [0.15, 0.2) is 18.2 Å². The van der Waals surface area contributed by atoms with Crippen molar-refractivity contribution in [2.24, 2.45) is 5.73 Å². The van der Waals surface area contributed by atoms with Crippen molar-refractivity contribution in [3.63, 3.8) is 0 Å². The van der Waals surface area contributed by atoms with Crippen LogP contribution >= 0.6 is 0 Å². The Bertz CT molecular complexity index is 392. The van der Waals surface area contributed by atoms with Crippen molar-refractivity contribution in [3.8, 4) is 0 Å². The maximum absolute atomic E-state index is 5.81. The third-order valence-electron chi connectivity index (χ3n) is 3.67. The number of benzene rings is 1. The number of aryl methyl sites for hydroxylation is 1. The van der Waals surface area contributed by atoms with Gasteiger partial charge in [-0.25, -0.2) is 0 Å². The average Bonchev–Trinajstić information content (AvgIpc) is 2.74. The summed E-state index contributed by atoms with van der Waals surface area (Å²) >= 11 is 0. The summed E-state index contributed by atoms with van der Waals surface area (Å²) < 4.78 is 5.64. The topological polar surface area (TPSA) is 38.5 Å². The highest BCUT2D eigenvalue weighted by molar-refractivity contribution is 5.56. The standard InChI is InChI=1S/C14H22N2O/c1-10-4-5-12(9-15)14(8-10)16(3)13-6-7-17-11(13)2/h4-5,8,11,13H,6-7,9,15H2,1-3H3. The third kappa shape index (κ3) is 2.45. The SMILES string of the molecule is Cc1ccc(CN)c(N(C)C2CCOC2C)c1. The number of hydrogen-bond acceptors (Lipinski definition) is 3. The van der Waals surface area contributed by atoms with Crippen LogP contribution < -0.4 is 10.6 Å². The molecule has 1 aromatic rings. The second-order valence-electron chi connectivity index (χ2n) is 4.88. The van der Waals surface area contributed by atoms with Crippen molar-refractivity contribution < 1.29 is 4.74 Å². The molecule has 1 saturated heterocycles. The molecule has 0 aliphatic carbocycles. The zero-order valence-electron chi connectivity index (χ0n) is 10.9. The van der Waals surface area contributed by atoms with Gasteiger partial charge in [0.2, 0.25) is 0 Å². The zero-order chi connectivity index (χ0) is 12.4. The lowest BCUT2D eigenvalue weighted by Crippen LogP contribution is -2.37. The number of nitrogens with zero attached hydrogens (tertiary/aromatic N) is 1. The predicted octanol–water partition coefficient (Wildman–Crippen LogP) is 2.07. The highest BCUT2D eigenvalue weighted by Crippen LogP contribution is 2.27. The van der Waals surface area contributed by atoms with Gasteiger partial charge in [0.25, 0.3) is 0 Å². The molecule has 2 atom stereocenters. The van der Waals surface area contributed by atoms with Crippen LogP contribution in [-0.2, 0) is 11.3 Å². The molecule has 2 rings (SSSR count). The summed E-state index contributed by atoms with van der Waals surface area (Å²) in [7, 11) is 2.14. The maximum atomic E-state index is 5.81. The fraction of sp³-hybridized carbons (Fsp3) is 0.571. The molecule has 1 aliphatic heterocycles. The van der Waals surface area contributed by atoms with Gasteiger partial charge in [0.15, 0.2) is 0 Å². The van der Waals surface area contributed by atoms with Crippen LogP contribution in [-0.4, -0.2) is 25.8 Å². The van der Waals surface area contributed by atoms with Crippen LogP contribution in [0.1, 0.15) is 24.5 Å². The van der Waals surface area contributed by atoms with Crippen LogP contribution in [0, 0.1) is 6.92 Å². The number of nitrogens with two attached hydrogens (primary N) is 1. The lowest BCUT2D eigenvalue weighted by Gasteiger charge is -2.30. The van der Waals surface area contributed by atoms with E-state index in [1.165, 1.54) is 16.8 Å². The Morgan fingerprint density at radius 2 is 2.24 bits per heavy atom. The Hall–Kier alpha value is -1.06. The van der Waals surface area contributed by atoms with E-state index >= 15 is 0 Å². The van der Waals surface area contributed by atoms with E-state index < -0.39 is 0 Å². The molecule has 2 N–H and O–H groups in total. The van der Waals surface area contributed by atoms with Gasteiger partial charge in [-0.15, -0.1) is 0 Å². The van der Waals surface area contributed by atoms with Crippen molar-refractivity contribution in [3.05, 3.63) is 29.3 Å². The van der Waals surface area contributed by atoms with Gasteiger partial charge in [-0.3, -0.25) is 0 Å². The predicted molar refractivity (Wildman–Crippen MR) is 71.3 cm³/mol. The molecule has 1 aliphatic rings. The molecule has 0 amide bonds. The molecule has 1 fully saturated rings. The molecule has 0 aromatic heterocycles. The van der Waals surface area contributed by atoms with Crippen molar-refractivity contribution in [1.82, 2.24) is 0 Å². The van der Waals surface area contributed by atoms with Gasteiger partial charge in [0.1, 0.15) is 0 Å². The van der Waals surface area contributed by atoms with E-state index in [-0.39, 0.29) is 0 Å². The summed E-state index contributed by atoms with van der Waals surface area (Å²) in [6.45, 7) is 5.71. The molecule has 1 aromatic carbocycles. The first-order chi connectivity index (χ1) is 8.13. The number of ether oxygens (including phenoxy) is 1. The molecular weight excluding hydrogens is 212 g/mol. The summed E-state index contributed by atoms with van der Waals surface area (Å²) in [4.78, 5) is 2.33. The Kier molecular flexibility index (Phi) is 3.69. The first kappa shape index (κ1) is 12.4. The maximum Gasteiger partial charge on any atom is 0.0750 e. The van der Waals surface area contributed by atoms with Crippen LogP contribution in [0.2, 0.25) is 0 Å². The van der Waals surface area contributed by atoms with Crippen LogP contribution in [0.4, 0.5) is 5.69 Å². The van der Waals surface area contributed by atoms with Crippen molar-refractivity contribution in [2.75, 3.05) is 18.6 Å². The molecule has 0 saturated carbocycles. The molecule has 3 heteroatoms. The summed E-state index contributed by atoms with van der Waals surface area (Å²) in [5.41, 5.74) is 9.54. The quantitative estimate of drug-likeness (QED) is 0.870. The Morgan fingerprint density at radius 3 is 2.82 bits per heavy atom. The molecule has 0 spiro atoms. The summed E-state index contributed by atoms with van der Waals surface area (Å²) in [5.74, 6) is 0. The second-order valence-corrected chi connectivity index (χ2v) is 4.88. The Morgan fingerprint density at radius 1 is 1.47 bits per heavy atom. The van der Waals surface area contributed by atoms with Gasteiger partial charge in [0.05, 0.1) is 12.1 Å². The minimum absolute atomic E-state index is 0.297. The third-order valence-corrected chi connectivity index (χ3v) is 3.67. The minimum Gasteiger partial charge on any atom is -0.376 e. The average molecular weight is 234 g/mol. The van der Waals surface area contributed by atoms with Crippen LogP contribution in [0.5, 0.6) is 0 Å². The summed E-state index contributed by atoms with van der Waals surface area (Å²) in [6.07, 6.45) is 1.39. The van der Waals surface area contributed by atoms with Gasteiger partial charge in [-0.2, -0.15) is 0 Å². The molecule has 94 valence electrons. The van der Waals surface area contributed by atoms with Gasteiger partial charge in [-0.05, 0) is 37.5 Å². The van der Waals surface area contributed by atoms with Crippen LogP contribution in [0.25, 0.3) is 0 Å². The number of anilines is 1. The fourth-order valence-electron chi connectivity index (χ4n) is 2.58. The van der Waals surface area contributed by atoms with Crippen molar-refractivity contribution in [1.29, 1.82) is 0 Å². The lowest BCUT2D eigenvalue weighted by atomic mass is 10.0. The second kappa shape index (κ2) is 5.07. The number of hydrogen-bond donors (Lipinski definition) is 1. The molecule has 3 nitrogen and oxygen atoms in total. The minimum atomic E-state index is 0.297. The van der Waals surface area contributed by atoms with Crippen molar-refractivity contribution >= 4 is 5.69 Å². The van der Waals surface area contributed by atoms with E-state index in [1.807, 2.05) is 0 Å². The summed E-state index contributed by atoms with van der Waals surface area (Å²) in [5, 5.41) is 0. The first-order valence-corrected chi connectivity index (χ1v) is 6.27. The Balaban J connectivity index is 2.28. The van der Waals surface area contributed by atoms with E-state index in [0.717, 1.165) is 13.0 Å². The fourth-order valence-corrected chi connectivity index (χ4v) is 2.58. The number of rotatable bonds is 3. The molecule has 1 heterocycles. The summed E-state index contributed by atoms with van der Waals surface area (Å²) in [6, 6.07) is 6.92. The monoisotopic (exact) mass is 234 g/mol. The van der Waals surface area contributed by atoms with Gasteiger partial charge >= 0.3 is 0 Å². The van der Waals surface area contributed by atoms with Gasteiger partial charge < -0.3 is 15.4 Å². The lowest BCUT2D eigenvalue weighted by molar-refractivity contribution is 0.118. The normalized spacial score (nSPS) is 24.0. The van der Waals surface area contributed by atoms with E-state index in [1.54, 1.807) is 0 Å². The van der Waals surface area contributed by atoms with Crippen LogP contribution in [0.3, 0.4) is 0 Å². The van der Waals surface area contributed by atoms with E-state index in [0.29, 0.717) is 18.7 Å².